The van der Waals surface area contributed by atoms with Gasteiger partial charge >= 0.3 is 0 Å². The van der Waals surface area contributed by atoms with Crippen molar-refractivity contribution >= 4 is 33.5 Å². The Morgan fingerprint density at radius 3 is 2.71 bits per heavy atom. The molecule has 1 unspecified atom stereocenters. The summed E-state index contributed by atoms with van der Waals surface area (Å²) in [6.07, 6.45) is 3.18. The summed E-state index contributed by atoms with van der Waals surface area (Å²) < 4.78 is 6.58. The standard InChI is InChI=1S/C21H24BrN3O3/c1-4-12(2)23-21(27)19-13(3)18-16(10-7-11-17(18)28-19)24-25-20(26)14-8-5-6-9-15(14)22/h5-6,8-9,12H,4,7,10-11H2,1-3H3,(H,23,27)(H,25,26)/b24-16+. The molecule has 3 rings (SSSR count). The molecule has 6 nitrogen and oxygen atoms in total. The maximum atomic E-state index is 12.5. The second-order valence-electron chi connectivity index (χ2n) is 6.97. The molecule has 0 spiro atoms. The van der Waals surface area contributed by atoms with Gasteiger partial charge in [-0.3, -0.25) is 9.59 Å². The normalized spacial score (nSPS) is 15.8. The van der Waals surface area contributed by atoms with Crippen LogP contribution in [0.1, 0.15) is 70.9 Å². The summed E-state index contributed by atoms with van der Waals surface area (Å²) in [6.45, 7) is 5.84. The second kappa shape index (κ2) is 8.73. The lowest BCUT2D eigenvalue weighted by Crippen LogP contribution is -2.32. The number of benzene rings is 1. The van der Waals surface area contributed by atoms with E-state index in [2.05, 4.69) is 31.8 Å². The number of furan rings is 1. The summed E-state index contributed by atoms with van der Waals surface area (Å²) in [7, 11) is 0. The Morgan fingerprint density at radius 2 is 2.00 bits per heavy atom. The number of nitrogens with zero attached hydrogens (tertiary/aromatic N) is 1. The zero-order valence-corrected chi connectivity index (χ0v) is 17.9. The average Bonchev–Trinajstić information content (AvgIpc) is 3.03. The van der Waals surface area contributed by atoms with Gasteiger partial charge in [0.1, 0.15) is 5.76 Å². The summed E-state index contributed by atoms with van der Waals surface area (Å²) in [4.78, 5) is 25.0. The van der Waals surface area contributed by atoms with E-state index in [0.29, 0.717) is 15.8 Å². The highest BCUT2D eigenvalue weighted by Crippen LogP contribution is 2.30. The number of aryl methyl sites for hydroxylation is 1. The van der Waals surface area contributed by atoms with Crippen LogP contribution in [0.5, 0.6) is 0 Å². The smallest absolute Gasteiger partial charge is 0.287 e. The predicted molar refractivity (Wildman–Crippen MR) is 112 cm³/mol. The first-order chi connectivity index (χ1) is 13.4. The van der Waals surface area contributed by atoms with E-state index >= 15 is 0 Å². The van der Waals surface area contributed by atoms with Gasteiger partial charge in [-0.05, 0) is 61.2 Å². The fraction of sp³-hybridized carbons (Fsp3) is 0.381. The topological polar surface area (TPSA) is 83.7 Å². The van der Waals surface area contributed by atoms with Crippen molar-refractivity contribution in [2.75, 3.05) is 0 Å². The highest BCUT2D eigenvalue weighted by Gasteiger charge is 2.28. The molecule has 28 heavy (non-hydrogen) atoms. The van der Waals surface area contributed by atoms with Gasteiger partial charge in [-0.25, -0.2) is 5.43 Å². The van der Waals surface area contributed by atoms with Crippen molar-refractivity contribution in [3.05, 3.63) is 56.9 Å². The fourth-order valence-electron chi connectivity index (χ4n) is 3.21. The number of fused-ring (bicyclic) bond motifs is 1. The summed E-state index contributed by atoms with van der Waals surface area (Å²) in [5.41, 5.74) is 5.50. The highest BCUT2D eigenvalue weighted by molar-refractivity contribution is 9.10. The zero-order chi connectivity index (χ0) is 20.3. The minimum absolute atomic E-state index is 0.0748. The molecular weight excluding hydrogens is 422 g/mol. The van der Waals surface area contributed by atoms with E-state index in [-0.39, 0.29) is 17.9 Å². The minimum Gasteiger partial charge on any atom is -0.455 e. The number of hydrogen-bond donors (Lipinski definition) is 2. The van der Waals surface area contributed by atoms with E-state index in [1.807, 2.05) is 32.9 Å². The quantitative estimate of drug-likeness (QED) is 0.670. The Balaban J connectivity index is 1.85. The van der Waals surface area contributed by atoms with Crippen molar-refractivity contribution in [2.45, 2.75) is 52.5 Å². The van der Waals surface area contributed by atoms with Gasteiger partial charge in [0.15, 0.2) is 5.76 Å². The molecule has 7 heteroatoms. The molecule has 2 aromatic rings. The van der Waals surface area contributed by atoms with Crippen molar-refractivity contribution in [1.82, 2.24) is 10.7 Å². The second-order valence-corrected chi connectivity index (χ2v) is 7.82. The van der Waals surface area contributed by atoms with Gasteiger partial charge in [-0.15, -0.1) is 0 Å². The van der Waals surface area contributed by atoms with Crippen LogP contribution in [0.25, 0.3) is 0 Å². The van der Waals surface area contributed by atoms with E-state index in [0.717, 1.165) is 48.3 Å². The molecule has 0 saturated heterocycles. The lowest BCUT2D eigenvalue weighted by atomic mass is 9.93. The molecule has 0 fully saturated rings. The van der Waals surface area contributed by atoms with Crippen molar-refractivity contribution in [1.29, 1.82) is 0 Å². The van der Waals surface area contributed by atoms with Crippen LogP contribution in [0.15, 0.2) is 38.3 Å². The van der Waals surface area contributed by atoms with Crippen LogP contribution in [0.2, 0.25) is 0 Å². The van der Waals surface area contributed by atoms with Gasteiger partial charge in [0.25, 0.3) is 11.8 Å². The molecule has 1 aromatic carbocycles. The third-order valence-corrected chi connectivity index (χ3v) is 5.62. The van der Waals surface area contributed by atoms with Crippen molar-refractivity contribution < 1.29 is 14.0 Å². The maximum Gasteiger partial charge on any atom is 0.287 e. The summed E-state index contributed by atoms with van der Waals surface area (Å²) >= 11 is 3.38. The number of hydrogen-bond acceptors (Lipinski definition) is 4. The molecule has 0 radical (unpaired) electrons. The van der Waals surface area contributed by atoms with Crippen LogP contribution in [0.3, 0.4) is 0 Å². The third-order valence-electron chi connectivity index (χ3n) is 4.93. The summed E-state index contributed by atoms with van der Waals surface area (Å²) in [5, 5.41) is 7.30. The molecular formula is C21H24BrN3O3. The predicted octanol–water partition coefficient (Wildman–Crippen LogP) is 4.35. The molecule has 2 N–H and O–H groups in total. The van der Waals surface area contributed by atoms with E-state index in [4.69, 9.17) is 4.42 Å². The van der Waals surface area contributed by atoms with E-state index < -0.39 is 0 Å². The van der Waals surface area contributed by atoms with E-state index in [9.17, 15) is 9.59 Å². The summed E-state index contributed by atoms with van der Waals surface area (Å²) in [5.74, 6) is 0.588. The van der Waals surface area contributed by atoms with Crippen molar-refractivity contribution in [3.63, 3.8) is 0 Å². The molecule has 1 atom stereocenters. The highest BCUT2D eigenvalue weighted by atomic mass is 79.9. The average molecular weight is 446 g/mol. The number of amides is 2. The molecule has 1 heterocycles. The SMILES string of the molecule is CCC(C)NC(=O)c1oc2c(c1C)/C(=N/NC(=O)c1ccccc1Br)CCC2. The molecule has 2 amide bonds. The van der Waals surface area contributed by atoms with Crippen LogP contribution < -0.4 is 10.7 Å². The third kappa shape index (κ3) is 4.19. The van der Waals surface area contributed by atoms with Gasteiger partial charge in [0.2, 0.25) is 0 Å². The summed E-state index contributed by atoms with van der Waals surface area (Å²) in [6, 6.07) is 7.26. The van der Waals surface area contributed by atoms with E-state index in [1.165, 1.54) is 0 Å². The molecule has 0 aliphatic heterocycles. The van der Waals surface area contributed by atoms with Gasteiger partial charge in [0.05, 0.1) is 11.3 Å². The molecule has 148 valence electrons. The first-order valence-corrected chi connectivity index (χ1v) is 10.3. The molecule has 1 aliphatic carbocycles. The van der Waals surface area contributed by atoms with Gasteiger partial charge in [-0.2, -0.15) is 5.10 Å². The molecule has 1 aliphatic rings. The van der Waals surface area contributed by atoms with Crippen LogP contribution in [0.4, 0.5) is 0 Å². The van der Waals surface area contributed by atoms with Crippen LogP contribution in [0, 0.1) is 6.92 Å². The maximum absolute atomic E-state index is 12.5. The Kier molecular flexibility index (Phi) is 6.34. The number of carbonyl (C=O) groups excluding carboxylic acids is 2. The van der Waals surface area contributed by atoms with Crippen LogP contribution in [-0.2, 0) is 6.42 Å². The number of hydrazone groups is 1. The lowest BCUT2D eigenvalue weighted by molar-refractivity contribution is 0.0907. The number of halogens is 1. The number of nitrogens with one attached hydrogen (secondary N) is 2. The van der Waals surface area contributed by atoms with Crippen molar-refractivity contribution in [2.24, 2.45) is 5.10 Å². The van der Waals surface area contributed by atoms with Crippen molar-refractivity contribution in [3.8, 4) is 0 Å². The van der Waals surface area contributed by atoms with Gasteiger partial charge in [0, 0.05) is 28.1 Å². The lowest BCUT2D eigenvalue weighted by Gasteiger charge is -2.13. The largest absolute Gasteiger partial charge is 0.455 e. The first-order valence-electron chi connectivity index (χ1n) is 9.47. The first kappa shape index (κ1) is 20.3. The number of rotatable bonds is 5. The molecule has 1 aromatic heterocycles. The fourth-order valence-corrected chi connectivity index (χ4v) is 3.68. The minimum atomic E-state index is -0.289. The molecule has 0 saturated carbocycles. The Labute approximate surface area is 172 Å². The monoisotopic (exact) mass is 445 g/mol. The number of carbonyl (C=O) groups is 2. The van der Waals surface area contributed by atoms with Gasteiger partial charge in [-0.1, -0.05) is 19.1 Å². The molecule has 0 bridgehead atoms. The van der Waals surface area contributed by atoms with Gasteiger partial charge < -0.3 is 9.73 Å². The van der Waals surface area contributed by atoms with E-state index in [1.54, 1.807) is 12.1 Å². The van der Waals surface area contributed by atoms with Crippen LogP contribution >= 0.6 is 15.9 Å². The van der Waals surface area contributed by atoms with Crippen LogP contribution in [-0.4, -0.2) is 23.6 Å². The Hall–Kier alpha value is -2.41. The Bertz CT molecular complexity index is 933. The zero-order valence-electron chi connectivity index (χ0n) is 16.3. The Morgan fingerprint density at radius 1 is 1.25 bits per heavy atom.